The van der Waals surface area contributed by atoms with Gasteiger partial charge in [-0.3, -0.25) is 0 Å². The maximum absolute atomic E-state index is 9.14. The summed E-state index contributed by atoms with van der Waals surface area (Å²) in [5.41, 5.74) is 0. The number of ether oxygens (including phenoxy) is 1. The van der Waals surface area contributed by atoms with E-state index in [4.69, 9.17) is 9.84 Å². The third-order valence-electron chi connectivity index (χ3n) is 1.43. The van der Waals surface area contributed by atoms with E-state index in [0.717, 1.165) is 6.42 Å². The minimum Gasteiger partial charge on any atom is -0.390 e. The fourth-order valence-corrected chi connectivity index (χ4v) is 0.762. The van der Waals surface area contributed by atoms with Crippen LogP contribution in [0.15, 0.2) is 0 Å². The Balaban J connectivity index is 3.50. The predicted molar refractivity (Wildman–Crippen MR) is 37.1 cm³/mol. The number of methoxy groups -OCH3 is 1. The van der Waals surface area contributed by atoms with Crippen LogP contribution in [0.25, 0.3) is 0 Å². The molecule has 0 rings (SSSR count). The molecule has 9 heavy (non-hydrogen) atoms. The van der Waals surface area contributed by atoms with E-state index in [9.17, 15) is 0 Å². The molecule has 2 unspecified atom stereocenters. The van der Waals surface area contributed by atoms with E-state index < -0.39 is 6.10 Å². The third-order valence-corrected chi connectivity index (χ3v) is 1.43. The Hall–Kier alpha value is -0.0800. The summed E-state index contributed by atoms with van der Waals surface area (Å²) >= 11 is 0. The molecule has 2 atom stereocenters. The maximum Gasteiger partial charge on any atom is 0.0830 e. The Morgan fingerprint density at radius 2 is 2.22 bits per heavy atom. The predicted octanol–water partition coefficient (Wildman–Crippen LogP) is 0.996. The molecule has 0 spiro atoms. The number of aliphatic hydroxyl groups excluding tert-OH is 1. The van der Waals surface area contributed by atoms with Gasteiger partial charge < -0.3 is 9.84 Å². The number of hydrogen-bond acceptors (Lipinski definition) is 2. The summed E-state index contributed by atoms with van der Waals surface area (Å²) in [7, 11) is 1.61. The second-order valence-electron chi connectivity index (χ2n) is 2.01. The average molecular weight is 131 g/mol. The second-order valence-corrected chi connectivity index (χ2v) is 2.01. The van der Waals surface area contributed by atoms with Crippen LogP contribution in [-0.2, 0) is 4.74 Å². The van der Waals surface area contributed by atoms with Gasteiger partial charge in [0.05, 0.1) is 12.2 Å². The van der Waals surface area contributed by atoms with Crippen LogP contribution in [-0.4, -0.2) is 24.4 Å². The third kappa shape index (κ3) is 2.82. The minimum absolute atomic E-state index is 0.0324. The SMILES string of the molecule is C[CH]C(O)C(CC)OC. The molecule has 2 nitrogen and oxygen atoms in total. The van der Waals surface area contributed by atoms with E-state index in [0.29, 0.717) is 0 Å². The molecule has 2 heteroatoms. The van der Waals surface area contributed by atoms with Gasteiger partial charge >= 0.3 is 0 Å². The van der Waals surface area contributed by atoms with Crippen LogP contribution >= 0.6 is 0 Å². The van der Waals surface area contributed by atoms with Crippen molar-refractivity contribution in [2.75, 3.05) is 7.11 Å². The molecule has 0 aromatic rings. The molecule has 0 aromatic heterocycles. The lowest BCUT2D eigenvalue weighted by Gasteiger charge is -2.17. The van der Waals surface area contributed by atoms with Gasteiger partial charge in [0, 0.05) is 7.11 Å². The fraction of sp³-hybridized carbons (Fsp3) is 0.857. The summed E-state index contributed by atoms with van der Waals surface area (Å²) in [6.45, 7) is 3.81. The van der Waals surface area contributed by atoms with Crippen molar-refractivity contribution in [1.29, 1.82) is 0 Å². The highest BCUT2D eigenvalue weighted by atomic mass is 16.5. The Bertz CT molecular complexity index is 59.9. The number of aliphatic hydroxyl groups is 1. The molecule has 1 radical (unpaired) electrons. The van der Waals surface area contributed by atoms with Gasteiger partial charge in [-0.05, 0) is 12.8 Å². The van der Waals surface area contributed by atoms with E-state index in [1.807, 2.05) is 13.8 Å². The first kappa shape index (κ1) is 8.92. The Kier molecular flexibility index (Phi) is 4.72. The molecule has 0 bridgehead atoms. The van der Waals surface area contributed by atoms with Crippen LogP contribution in [0.3, 0.4) is 0 Å². The van der Waals surface area contributed by atoms with Crippen molar-refractivity contribution in [1.82, 2.24) is 0 Å². The van der Waals surface area contributed by atoms with Crippen molar-refractivity contribution < 1.29 is 9.84 Å². The van der Waals surface area contributed by atoms with E-state index >= 15 is 0 Å². The van der Waals surface area contributed by atoms with Gasteiger partial charge in [0.1, 0.15) is 0 Å². The molecule has 0 amide bonds. The minimum atomic E-state index is -0.417. The summed E-state index contributed by atoms with van der Waals surface area (Å²) in [5.74, 6) is 0. The first-order valence-corrected chi connectivity index (χ1v) is 3.26. The Morgan fingerprint density at radius 3 is 2.33 bits per heavy atom. The standard InChI is InChI=1S/C7H15O2/c1-4-6(8)7(5-2)9-3/h4,6-8H,5H2,1-3H3. The lowest BCUT2D eigenvalue weighted by Crippen LogP contribution is -2.26. The van der Waals surface area contributed by atoms with E-state index in [2.05, 4.69) is 0 Å². The first-order valence-electron chi connectivity index (χ1n) is 3.26. The van der Waals surface area contributed by atoms with Crippen LogP contribution < -0.4 is 0 Å². The van der Waals surface area contributed by atoms with Crippen molar-refractivity contribution >= 4 is 0 Å². The lowest BCUT2D eigenvalue weighted by molar-refractivity contribution is 0.00299. The van der Waals surface area contributed by atoms with Gasteiger partial charge in [-0.15, -0.1) is 0 Å². The van der Waals surface area contributed by atoms with E-state index in [1.165, 1.54) is 0 Å². The monoisotopic (exact) mass is 131 g/mol. The van der Waals surface area contributed by atoms with Crippen LogP contribution in [0.1, 0.15) is 20.3 Å². The van der Waals surface area contributed by atoms with Gasteiger partial charge in [0.25, 0.3) is 0 Å². The smallest absolute Gasteiger partial charge is 0.0830 e. The largest absolute Gasteiger partial charge is 0.390 e. The molecule has 0 fully saturated rings. The molecular formula is C7H15O2. The molecule has 0 aromatic carbocycles. The lowest BCUT2D eigenvalue weighted by atomic mass is 10.1. The molecule has 0 aliphatic heterocycles. The van der Waals surface area contributed by atoms with Crippen molar-refractivity contribution in [3.63, 3.8) is 0 Å². The first-order chi connectivity index (χ1) is 4.26. The maximum atomic E-state index is 9.14. The highest BCUT2D eigenvalue weighted by molar-refractivity contribution is 4.77. The van der Waals surface area contributed by atoms with Crippen molar-refractivity contribution in [2.45, 2.75) is 32.5 Å². The zero-order valence-electron chi connectivity index (χ0n) is 6.29. The summed E-state index contributed by atoms with van der Waals surface area (Å²) < 4.78 is 4.97. The van der Waals surface area contributed by atoms with Crippen LogP contribution in [0.2, 0.25) is 0 Å². The molecule has 0 saturated heterocycles. The number of rotatable bonds is 4. The summed E-state index contributed by atoms with van der Waals surface area (Å²) in [5, 5.41) is 9.14. The van der Waals surface area contributed by atoms with Gasteiger partial charge in [-0.25, -0.2) is 0 Å². The molecular weight excluding hydrogens is 116 g/mol. The molecule has 0 aliphatic rings. The summed E-state index contributed by atoms with van der Waals surface area (Å²) in [6.07, 6.45) is 2.13. The molecule has 55 valence electrons. The normalized spacial score (nSPS) is 17.3. The highest BCUT2D eigenvalue weighted by Gasteiger charge is 2.13. The quantitative estimate of drug-likeness (QED) is 0.616. The van der Waals surface area contributed by atoms with Gasteiger partial charge in [-0.2, -0.15) is 0 Å². The fourth-order valence-electron chi connectivity index (χ4n) is 0.762. The molecule has 1 N–H and O–H groups in total. The van der Waals surface area contributed by atoms with Gasteiger partial charge in [0.15, 0.2) is 0 Å². The zero-order valence-corrected chi connectivity index (χ0v) is 6.29. The second kappa shape index (κ2) is 4.77. The molecule has 0 saturated carbocycles. The van der Waals surface area contributed by atoms with Gasteiger partial charge in [-0.1, -0.05) is 13.8 Å². The van der Waals surface area contributed by atoms with Crippen LogP contribution in [0.4, 0.5) is 0 Å². The number of hydrogen-bond donors (Lipinski definition) is 1. The van der Waals surface area contributed by atoms with Gasteiger partial charge in [0.2, 0.25) is 0 Å². The molecule has 0 heterocycles. The zero-order chi connectivity index (χ0) is 7.28. The highest BCUT2D eigenvalue weighted by Crippen LogP contribution is 2.04. The van der Waals surface area contributed by atoms with Crippen molar-refractivity contribution in [2.24, 2.45) is 0 Å². The van der Waals surface area contributed by atoms with Crippen LogP contribution in [0.5, 0.6) is 0 Å². The molecule has 0 aliphatic carbocycles. The van der Waals surface area contributed by atoms with E-state index in [-0.39, 0.29) is 6.10 Å². The summed E-state index contributed by atoms with van der Waals surface area (Å²) in [6, 6.07) is 0. The van der Waals surface area contributed by atoms with Crippen molar-refractivity contribution in [3.8, 4) is 0 Å². The van der Waals surface area contributed by atoms with E-state index in [1.54, 1.807) is 13.5 Å². The van der Waals surface area contributed by atoms with Crippen LogP contribution in [0, 0.1) is 6.42 Å². The average Bonchev–Trinajstić information content (AvgIpc) is 1.90. The topological polar surface area (TPSA) is 29.5 Å². The van der Waals surface area contributed by atoms with Crippen molar-refractivity contribution in [3.05, 3.63) is 6.42 Å². The Morgan fingerprint density at radius 1 is 1.67 bits per heavy atom. The Labute approximate surface area is 56.8 Å². The summed E-state index contributed by atoms with van der Waals surface area (Å²) in [4.78, 5) is 0.